The Morgan fingerprint density at radius 3 is 2.62 bits per heavy atom. The molecule has 1 amide bonds. The van der Waals surface area contributed by atoms with Crippen LogP contribution in [-0.4, -0.2) is 40.5 Å². The molecule has 3 atom stereocenters. The highest BCUT2D eigenvalue weighted by Gasteiger charge is 2.29. The van der Waals surface area contributed by atoms with Crippen molar-refractivity contribution >= 4 is 34.5 Å². The van der Waals surface area contributed by atoms with Crippen molar-refractivity contribution in [3.63, 3.8) is 0 Å². The number of ether oxygens (including phenoxy) is 1. The van der Waals surface area contributed by atoms with Crippen LogP contribution in [0.3, 0.4) is 0 Å². The molecular formula is C23H28N3O5S-. The zero-order chi connectivity index (χ0) is 23.3. The Morgan fingerprint density at radius 1 is 1.22 bits per heavy atom. The number of carbonyl (C=O) groups is 2. The zero-order valence-electron chi connectivity index (χ0n) is 18.4. The van der Waals surface area contributed by atoms with Gasteiger partial charge in [-0.15, -0.1) is 0 Å². The van der Waals surface area contributed by atoms with Crippen molar-refractivity contribution in [3.8, 4) is 0 Å². The molecule has 0 aromatic heterocycles. The average molecular weight is 459 g/mol. The lowest BCUT2D eigenvalue weighted by molar-refractivity contribution is -0.142. The number of amides is 1. The number of hydrogen-bond donors (Lipinski definition) is 2. The number of anilines is 2. The van der Waals surface area contributed by atoms with Gasteiger partial charge < -0.3 is 14.6 Å². The molecule has 172 valence electrons. The van der Waals surface area contributed by atoms with Crippen LogP contribution in [0, 0.1) is 19.8 Å². The predicted molar refractivity (Wildman–Crippen MR) is 123 cm³/mol. The van der Waals surface area contributed by atoms with Crippen LogP contribution in [0.1, 0.15) is 40.7 Å². The van der Waals surface area contributed by atoms with E-state index in [2.05, 4.69) is 10.6 Å². The van der Waals surface area contributed by atoms with Crippen LogP contribution in [0.25, 0.3) is 0 Å². The third-order valence-electron chi connectivity index (χ3n) is 5.72. The van der Waals surface area contributed by atoms with Crippen molar-refractivity contribution in [1.82, 2.24) is 5.32 Å². The molecule has 1 heterocycles. The molecule has 0 saturated carbocycles. The molecular weight excluding hydrogens is 430 g/mol. The van der Waals surface area contributed by atoms with E-state index in [1.807, 2.05) is 32.0 Å². The summed E-state index contributed by atoms with van der Waals surface area (Å²) in [6.45, 7) is 4.29. The van der Waals surface area contributed by atoms with Crippen molar-refractivity contribution in [2.24, 2.45) is 5.92 Å². The van der Waals surface area contributed by atoms with Crippen molar-refractivity contribution < 1.29 is 23.1 Å². The lowest BCUT2D eigenvalue weighted by Crippen LogP contribution is -2.51. The van der Waals surface area contributed by atoms with E-state index in [9.17, 15) is 18.4 Å². The Morgan fingerprint density at radius 2 is 1.97 bits per heavy atom. The lowest BCUT2D eigenvalue weighted by Gasteiger charge is -2.40. The number of esters is 1. The summed E-state index contributed by atoms with van der Waals surface area (Å²) in [6.07, 6.45) is 1.06. The normalized spacial score (nSPS) is 19.1. The van der Waals surface area contributed by atoms with Crippen molar-refractivity contribution in [3.05, 3.63) is 59.2 Å². The summed E-state index contributed by atoms with van der Waals surface area (Å²) >= 11 is -2.52. The van der Waals surface area contributed by atoms with Gasteiger partial charge in [-0.05, 0) is 74.5 Å². The van der Waals surface area contributed by atoms with E-state index >= 15 is 0 Å². The SMILES string of the molecule is COC(=O)CC1CCNC(N(c2ccc(NC(=O)c3ccccc3C)c(C)c2)S(=O)[O-])C1. The molecule has 1 aliphatic heterocycles. The molecule has 0 spiro atoms. The fraction of sp³-hybridized carbons (Fsp3) is 0.391. The minimum absolute atomic E-state index is 0.0357. The molecule has 8 nitrogen and oxygen atoms in total. The highest BCUT2D eigenvalue weighted by atomic mass is 32.2. The maximum Gasteiger partial charge on any atom is 0.305 e. The monoisotopic (exact) mass is 458 g/mol. The third kappa shape index (κ3) is 5.73. The Labute approximate surface area is 190 Å². The van der Waals surface area contributed by atoms with Gasteiger partial charge in [-0.1, -0.05) is 18.2 Å². The molecule has 2 aromatic carbocycles. The Balaban J connectivity index is 1.77. The van der Waals surface area contributed by atoms with E-state index < -0.39 is 17.4 Å². The fourth-order valence-electron chi connectivity index (χ4n) is 3.97. The van der Waals surface area contributed by atoms with Gasteiger partial charge in [-0.2, -0.15) is 0 Å². The van der Waals surface area contributed by atoms with Gasteiger partial charge in [0.25, 0.3) is 5.91 Å². The molecule has 0 bridgehead atoms. The highest BCUT2D eigenvalue weighted by Crippen LogP contribution is 2.29. The van der Waals surface area contributed by atoms with Gasteiger partial charge in [0, 0.05) is 28.9 Å². The first kappa shape index (κ1) is 23.9. The quantitative estimate of drug-likeness (QED) is 0.487. The second-order valence-corrected chi connectivity index (χ2v) is 8.78. The number of rotatable bonds is 7. The highest BCUT2D eigenvalue weighted by molar-refractivity contribution is 7.80. The van der Waals surface area contributed by atoms with Crippen LogP contribution in [-0.2, 0) is 20.8 Å². The molecule has 9 heteroatoms. The minimum Gasteiger partial charge on any atom is -0.755 e. The number of piperidine rings is 1. The fourth-order valence-corrected chi connectivity index (χ4v) is 4.62. The molecule has 2 N–H and O–H groups in total. The van der Waals surface area contributed by atoms with E-state index in [1.165, 1.54) is 11.4 Å². The number of hydrogen-bond acceptors (Lipinski definition) is 6. The van der Waals surface area contributed by atoms with Gasteiger partial charge in [0.2, 0.25) is 0 Å². The molecule has 1 fully saturated rings. The molecule has 0 radical (unpaired) electrons. The summed E-state index contributed by atoms with van der Waals surface area (Å²) < 4.78 is 30.2. The predicted octanol–water partition coefficient (Wildman–Crippen LogP) is 3.05. The van der Waals surface area contributed by atoms with Crippen LogP contribution in [0.2, 0.25) is 0 Å². The van der Waals surface area contributed by atoms with Crippen molar-refractivity contribution in [1.29, 1.82) is 0 Å². The first-order valence-electron chi connectivity index (χ1n) is 10.5. The van der Waals surface area contributed by atoms with Gasteiger partial charge in [0.15, 0.2) is 0 Å². The van der Waals surface area contributed by atoms with Crippen LogP contribution >= 0.6 is 0 Å². The zero-order valence-corrected chi connectivity index (χ0v) is 19.2. The van der Waals surface area contributed by atoms with E-state index in [4.69, 9.17) is 4.74 Å². The largest absolute Gasteiger partial charge is 0.755 e. The standard InChI is InChI=1S/C23H29N3O5S/c1-15-6-4-5-7-19(15)23(28)25-20-9-8-18(12-16(20)2)26(32(29)30)21-13-17(10-11-24-21)14-22(27)31-3/h4-9,12,17,21,24H,10-11,13-14H2,1-3H3,(H,25,28)(H,29,30)/p-1. The first-order chi connectivity index (χ1) is 15.3. The van der Waals surface area contributed by atoms with Gasteiger partial charge in [-0.25, -0.2) is 0 Å². The number of nitrogens with zero attached hydrogens (tertiary/aromatic N) is 1. The average Bonchev–Trinajstić information content (AvgIpc) is 2.76. The molecule has 2 aromatic rings. The summed E-state index contributed by atoms with van der Waals surface area (Å²) in [7, 11) is 1.35. The minimum atomic E-state index is -2.52. The number of carbonyl (C=O) groups excluding carboxylic acids is 2. The number of methoxy groups -OCH3 is 1. The Bertz CT molecular complexity index is 1010. The number of aryl methyl sites for hydroxylation is 2. The van der Waals surface area contributed by atoms with Gasteiger partial charge >= 0.3 is 5.97 Å². The van der Waals surface area contributed by atoms with E-state index in [0.29, 0.717) is 29.9 Å². The maximum absolute atomic E-state index is 12.6. The van der Waals surface area contributed by atoms with Crippen molar-refractivity contribution in [2.75, 3.05) is 23.3 Å². The Hall–Kier alpha value is -2.75. The summed E-state index contributed by atoms with van der Waals surface area (Å²) in [5, 5.41) is 6.12. The number of benzene rings is 2. The van der Waals surface area contributed by atoms with Crippen LogP contribution in [0.4, 0.5) is 11.4 Å². The van der Waals surface area contributed by atoms with Gasteiger partial charge in [0.1, 0.15) is 0 Å². The molecule has 3 unspecified atom stereocenters. The first-order valence-corrected chi connectivity index (χ1v) is 11.5. The second kappa shape index (κ2) is 10.7. The second-order valence-electron chi connectivity index (χ2n) is 7.95. The smallest absolute Gasteiger partial charge is 0.305 e. The molecule has 3 rings (SSSR count). The van der Waals surface area contributed by atoms with E-state index in [1.54, 1.807) is 24.3 Å². The molecule has 1 saturated heterocycles. The van der Waals surface area contributed by atoms with Gasteiger partial charge in [-0.3, -0.25) is 23.4 Å². The molecule has 32 heavy (non-hydrogen) atoms. The third-order valence-corrected chi connectivity index (χ3v) is 6.50. The summed E-state index contributed by atoms with van der Waals surface area (Å²) in [5.74, 6) is -0.480. The van der Waals surface area contributed by atoms with E-state index in [0.717, 1.165) is 17.5 Å². The summed E-state index contributed by atoms with van der Waals surface area (Å²) in [4.78, 5) is 24.3. The van der Waals surface area contributed by atoms with E-state index in [-0.39, 0.29) is 24.2 Å². The Kier molecular flexibility index (Phi) is 8.00. The van der Waals surface area contributed by atoms with Gasteiger partial charge in [0.05, 0.1) is 19.0 Å². The lowest BCUT2D eigenvalue weighted by atomic mass is 9.92. The topological polar surface area (TPSA) is 111 Å². The summed E-state index contributed by atoms with van der Waals surface area (Å²) in [5.41, 5.74) is 3.29. The van der Waals surface area contributed by atoms with Crippen LogP contribution in [0.5, 0.6) is 0 Å². The molecule has 0 aliphatic carbocycles. The van der Waals surface area contributed by atoms with Crippen LogP contribution < -0.4 is 14.9 Å². The van der Waals surface area contributed by atoms with Crippen molar-refractivity contribution in [2.45, 2.75) is 39.3 Å². The molecule has 1 aliphatic rings. The van der Waals surface area contributed by atoms with Crippen LogP contribution in [0.15, 0.2) is 42.5 Å². The maximum atomic E-state index is 12.6. The number of nitrogens with one attached hydrogen (secondary N) is 2. The summed E-state index contributed by atoms with van der Waals surface area (Å²) in [6, 6.07) is 12.4.